The first kappa shape index (κ1) is 30.6. The van der Waals surface area contributed by atoms with E-state index in [9.17, 15) is 0 Å². The summed E-state index contributed by atoms with van der Waals surface area (Å²) in [7, 11) is 0. The molecule has 0 saturated carbocycles. The molecule has 0 spiro atoms. The lowest BCUT2D eigenvalue weighted by atomic mass is 9.96. The number of aromatic nitrogens is 3. The minimum absolute atomic E-state index is 0.589. The van der Waals surface area contributed by atoms with E-state index in [2.05, 4.69) is 140 Å². The number of benzene rings is 8. The van der Waals surface area contributed by atoms with Gasteiger partial charge in [-0.3, -0.25) is 0 Å². The highest BCUT2D eigenvalue weighted by Gasteiger charge is 2.17. The third-order valence-electron chi connectivity index (χ3n) is 9.91. The molecule has 0 aliphatic rings. The molecule has 0 unspecified atom stereocenters. The molecular formula is C49H31N3O. The van der Waals surface area contributed by atoms with Crippen molar-refractivity contribution in [2.45, 2.75) is 0 Å². The summed E-state index contributed by atoms with van der Waals surface area (Å²) in [6.07, 6.45) is 0. The molecule has 0 N–H and O–H groups in total. The Labute approximate surface area is 306 Å². The van der Waals surface area contributed by atoms with Crippen molar-refractivity contribution in [3.63, 3.8) is 0 Å². The molecule has 2 aromatic heterocycles. The number of nitrogens with zero attached hydrogens (tertiary/aromatic N) is 3. The van der Waals surface area contributed by atoms with Gasteiger partial charge in [-0.2, -0.15) is 0 Å². The maximum absolute atomic E-state index is 6.54. The van der Waals surface area contributed by atoms with Crippen molar-refractivity contribution in [3.8, 4) is 67.5 Å². The van der Waals surface area contributed by atoms with Crippen LogP contribution in [0.5, 0.6) is 0 Å². The first-order chi connectivity index (χ1) is 26.2. The topological polar surface area (TPSA) is 51.8 Å². The highest BCUT2D eigenvalue weighted by atomic mass is 16.3. The van der Waals surface area contributed by atoms with Crippen molar-refractivity contribution < 1.29 is 4.42 Å². The molecule has 0 radical (unpaired) electrons. The molecule has 10 aromatic rings. The van der Waals surface area contributed by atoms with Crippen LogP contribution in [-0.2, 0) is 0 Å². The first-order valence-corrected chi connectivity index (χ1v) is 17.8. The third-order valence-corrected chi connectivity index (χ3v) is 9.91. The maximum Gasteiger partial charge on any atom is 0.164 e. The van der Waals surface area contributed by atoms with E-state index in [1.54, 1.807) is 0 Å². The van der Waals surface area contributed by atoms with E-state index in [4.69, 9.17) is 19.4 Å². The van der Waals surface area contributed by atoms with Crippen LogP contribution in [-0.4, -0.2) is 15.0 Å². The lowest BCUT2D eigenvalue weighted by Gasteiger charge is -2.10. The van der Waals surface area contributed by atoms with Gasteiger partial charge in [-0.25, -0.2) is 15.0 Å². The average Bonchev–Trinajstić information content (AvgIpc) is 3.62. The minimum Gasteiger partial charge on any atom is -0.456 e. The van der Waals surface area contributed by atoms with Crippen LogP contribution in [0.2, 0.25) is 0 Å². The van der Waals surface area contributed by atoms with Gasteiger partial charge in [0.15, 0.2) is 17.5 Å². The predicted molar refractivity (Wildman–Crippen MR) is 217 cm³/mol. The number of rotatable bonds is 6. The van der Waals surface area contributed by atoms with Crippen molar-refractivity contribution in [2.24, 2.45) is 0 Å². The number of fused-ring (bicyclic) bond motifs is 4. The van der Waals surface area contributed by atoms with E-state index < -0.39 is 0 Å². The second-order valence-electron chi connectivity index (χ2n) is 13.3. The van der Waals surface area contributed by atoms with E-state index in [1.165, 1.54) is 22.3 Å². The van der Waals surface area contributed by atoms with Gasteiger partial charge in [-0.1, -0.05) is 152 Å². The first-order valence-electron chi connectivity index (χ1n) is 17.8. The fraction of sp³-hybridized carbons (Fsp3) is 0. The fourth-order valence-corrected chi connectivity index (χ4v) is 7.25. The van der Waals surface area contributed by atoms with Crippen molar-refractivity contribution in [1.82, 2.24) is 15.0 Å². The summed E-state index contributed by atoms with van der Waals surface area (Å²) >= 11 is 0. The van der Waals surface area contributed by atoms with Crippen LogP contribution < -0.4 is 0 Å². The van der Waals surface area contributed by atoms with Gasteiger partial charge in [0.25, 0.3) is 0 Å². The van der Waals surface area contributed by atoms with E-state index in [0.717, 1.165) is 60.5 Å². The SMILES string of the molecule is c1ccc(-c2cccc(-c3cccc4oc5cc(-c6nc(-c7ccccc7)nc(-c7ccc8cc(-c9ccccc9)ccc8c7)n6)ccc5c34)c2)cc1. The zero-order valence-corrected chi connectivity index (χ0v) is 28.6. The largest absolute Gasteiger partial charge is 0.456 e. The maximum atomic E-state index is 6.54. The van der Waals surface area contributed by atoms with E-state index >= 15 is 0 Å². The third kappa shape index (κ3) is 5.73. The number of hydrogen-bond donors (Lipinski definition) is 0. The van der Waals surface area contributed by atoms with Crippen LogP contribution in [0.1, 0.15) is 0 Å². The van der Waals surface area contributed by atoms with Gasteiger partial charge < -0.3 is 4.42 Å². The van der Waals surface area contributed by atoms with Gasteiger partial charge in [0.2, 0.25) is 0 Å². The molecule has 0 aliphatic heterocycles. The Hall–Kier alpha value is -7.17. The lowest BCUT2D eigenvalue weighted by Crippen LogP contribution is -2.00. The fourth-order valence-electron chi connectivity index (χ4n) is 7.25. The van der Waals surface area contributed by atoms with Crippen LogP contribution in [0, 0.1) is 0 Å². The van der Waals surface area contributed by atoms with Crippen molar-refractivity contribution >= 4 is 32.7 Å². The van der Waals surface area contributed by atoms with E-state index in [-0.39, 0.29) is 0 Å². The molecular weight excluding hydrogens is 647 g/mol. The summed E-state index contributed by atoms with van der Waals surface area (Å²) < 4.78 is 6.54. The number of hydrogen-bond acceptors (Lipinski definition) is 4. The highest BCUT2D eigenvalue weighted by Crippen LogP contribution is 2.39. The summed E-state index contributed by atoms with van der Waals surface area (Å²) in [5.41, 5.74) is 11.4. The smallest absolute Gasteiger partial charge is 0.164 e. The highest BCUT2D eigenvalue weighted by molar-refractivity contribution is 6.13. The molecule has 0 aliphatic carbocycles. The molecule has 2 heterocycles. The van der Waals surface area contributed by atoms with Gasteiger partial charge in [-0.15, -0.1) is 0 Å². The Bertz CT molecular complexity index is 2940. The van der Waals surface area contributed by atoms with Gasteiger partial charge >= 0.3 is 0 Å². The van der Waals surface area contributed by atoms with E-state index in [0.29, 0.717) is 17.5 Å². The summed E-state index contributed by atoms with van der Waals surface area (Å²) in [4.78, 5) is 15.1. The van der Waals surface area contributed by atoms with Gasteiger partial charge in [0.1, 0.15) is 11.2 Å². The van der Waals surface area contributed by atoms with Gasteiger partial charge in [-0.05, 0) is 80.6 Å². The quantitative estimate of drug-likeness (QED) is 0.176. The predicted octanol–water partition coefficient (Wildman–Crippen LogP) is 12.9. The van der Waals surface area contributed by atoms with Crippen molar-refractivity contribution in [3.05, 3.63) is 188 Å². The normalized spacial score (nSPS) is 11.4. The summed E-state index contributed by atoms with van der Waals surface area (Å²) in [6, 6.07) is 65.3. The summed E-state index contributed by atoms with van der Waals surface area (Å²) in [5.74, 6) is 1.83. The number of furan rings is 1. The van der Waals surface area contributed by atoms with Gasteiger partial charge in [0, 0.05) is 27.5 Å². The Balaban J connectivity index is 1.07. The molecule has 53 heavy (non-hydrogen) atoms. The molecule has 0 saturated heterocycles. The summed E-state index contributed by atoms with van der Waals surface area (Å²) in [5, 5.41) is 4.42. The Kier molecular flexibility index (Phi) is 7.43. The van der Waals surface area contributed by atoms with E-state index in [1.807, 2.05) is 48.5 Å². The standard InChI is InChI=1S/C49H31N3O/c1-4-12-32(13-5-1)35-18-10-19-39(29-35)42-20-11-21-44-46(42)43-27-26-41(31-45(43)53-44)49-51-47(34-16-8-3-9-17-34)50-48(52-49)40-25-24-37-28-36(22-23-38(37)30-40)33-14-6-2-7-15-33/h1-31H. The van der Waals surface area contributed by atoms with Gasteiger partial charge in [0.05, 0.1) is 0 Å². The Morgan fingerprint density at radius 3 is 1.47 bits per heavy atom. The Morgan fingerprint density at radius 2 is 0.792 bits per heavy atom. The van der Waals surface area contributed by atoms with Crippen LogP contribution in [0.4, 0.5) is 0 Å². The molecule has 248 valence electrons. The molecule has 4 nitrogen and oxygen atoms in total. The second-order valence-corrected chi connectivity index (χ2v) is 13.3. The Morgan fingerprint density at radius 1 is 0.302 bits per heavy atom. The van der Waals surface area contributed by atoms with Crippen LogP contribution in [0.25, 0.3) is 100 Å². The summed E-state index contributed by atoms with van der Waals surface area (Å²) in [6.45, 7) is 0. The zero-order valence-electron chi connectivity index (χ0n) is 28.6. The molecule has 0 atom stereocenters. The molecule has 0 fully saturated rings. The van der Waals surface area contributed by atoms with Crippen LogP contribution in [0.3, 0.4) is 0 Å². The zero-order chi connectivity index (χ0) is 35.1. The molecule has 8 aromatic carbocycles. The van der Waals surface area contributed by atoms with Crippen molar-refractivity contribution in [2.75, 3.05) is 0 Å². The molecule has 10 rings (SSSR count). The van der Waals surface area contributed by atoms with Crippen molar-refractivity contribution in [1.29, 1.82) is 0 Å². The minimum atomic E-state index is 0.589. The lowest BCUT2D eigenvalue weighted by molar-refractivity contribution is 0.669. The average molecular weight is 678 g/mol. The second kappa shape index (κ2) is 12.9. The molecule has 0 bridgehead atoms. The van der Waals surface area contributed by atoms with Crippen LogP contribution >= 0.6 is 0 Å². The molecule has 4 heteroatoms. The van der Waals surface area contributed by atoms with Crippen LogP contribution in [0.15, 0.2) is 192 Å². The monoisotopic (exact) mass is 677 g/mol. The molecule has 0 amide bonds.